The molecule has 4 aromatic rings. The van der Waals surface area contributed by atoms with Gasteiger partial charge in [0.2, 0.25) is 5.89 Å². The maximum atomic E-state index is 12.9. The number of carbonyl (C=O) groups is 1. The third-order valence-electron chi connectivity index (χ3n) is 5.86. The van der Waals surface area contributed by atoms with Gasteiger partial charge in [0.25, 0.3) is 5.91 Å². The Balaban J connectivity index is 1.22. The van der Waals surface area contributed by atoms with Gasteiger partial charge in [-0.25, -0.2) is 4.98 Å². The minimum Gasteiger partial charge on any atom is -0.446 e. The molecule has 1 unspecified atom stereocenters. The van der Waals surface area contributed by atoms with Gasteiger partial charge in [0.15, 0.2) is 5.69 Å². The van der Waals surface area contributed by atoms with Gasteiger partial charge >= 0.3 is 0 Å². The van der Waals surface area contributed by atoms with E-state index in [1.54, 1.807) is 0 Å². The normalized spacial score (nSPS) is 15.4. The lowest BCUT2D eigenvalue weighted by Crippen LogP contribution is -2.48. The molecule has 5 rings (SSSR count). The minimum atomic E-state index is -0.421. The molecule has 0 bridgehead atoms. The van der Waals surface area contributed by atoms with E-state index in [2.05, 4.69) is 33.1 Å². The van der Waals surface area contributed by atoms with Crippen LogP contribution in [0.2, 0.25) is 0 Å². The molecule has 1 aliphatic heterocycles. The SMILES string of the molecule is NC(Cc1c[nH]c2ccccc12)c1nc(C(=O)N2CCN(c3ccccc3)CC2)co1. The smallest absolute Gasteiger partial charge is 0.275 e. The van der Waals surface area contributed by atoms with Gasteiger partial charge in [-0.15, -0.1) is 0 Å². The van der Waals surface area contributed by atoms with Crippen molar-refractivity contribution in [1.82, 2.24) is 14.9 Å². The summed E-state index contributed by atoms with van der Waals surface area (Å²) in [4.78, 5) is 24.7. The van der Waals surface area contributed by atoms with Crippen molar-refractivity contribution in [3.8, 4) is 0 Å². The van der Waals surface area contributed by atoms with Crippen molar-refractivity contribution in [2.75, 3.05) is 31.1 Å². The molecule has 2 aromatic carbocycles. The van der Waals surface area contributed by atoms with Crippen LogP contribution in [0.5, 0.6) is 0 Å². The van der Waals surface area contributed by atoms with E-state index in [-0.39, 0.29) is 5.91 Å². The molecule has 1 aliphatic rings. The number of carbonyl (C=O) groups excluding carboxylic acids is 1. The first-order valence-electron chi connectivity index (χ1n) is 10.5. The van der Waals surface area contributed by atoms with E-state index >= 15 is 0 Å². The number of aromatic nitrogens is 2. The summed E-state index contributed by atoms with van der Waals surface area (Å²) in [7, 11) is 0. The summed E-state index contributed by atoms with van der Waals surface area (Å²) < 4.78 is 5.59. The Labute approximate surface area is 180 Å². The average molecular weight is 415 g/mol. The Bertz CT molecular complexity index is 1170. The quantitative estimate of drug-likeness (QED) is 0.522. The molecule has 0 radical (unpaired) electrons. The predicted molar refractivity (Wildman–Crippen MR) is 120 cm³/mol. The van der Waals surface area contributed by atoms with Crippen LogP contribution in [-0.4, -0.2) is 47.0 Å². The summed E-state index contributed by atoms with van der Waals surface area (Å²) in [6.45, 7) is 2.88. The van der Waals surface area contributed by atoms with E-state index in [0.717, 1.165) is 29.6 Å². The molecule has 158 valence electrons. The summed E-state index contributed by atoms with van der Waals surface area (Å²) in [5.74, 6) is 0.276. The number of piperazine rings is 1. The van der Waals surface area contributed by atoms with E-state index < -0.39 is 6.04 Å². The number of fused-ring (bicyclic) bond motifs is 1. The Morgan fingerprint density at radius 3 is 2.61 bits per heavy atom. The number of H-pyrrole nitrogens is 1. The van der Waals surface area contributed by atoms with Crippen LogP contribution >= 0.6 is 0 Å². The largest absolute Gasteiger partial charge is 0.446 e. The molecule has 2 aromatic heterocycles. The van der Waals surface area contributed by atoms with Crippen LogP contribution in [0, 0.1) is 0 Å². The van der Waals surface area contributed by atoms with Crippen LogP contribution in [0.4, 0.5) is 5.69 Å². The van der Waals surface area contributed by atoms with Crippen LogP contribution in [0.1, 0.15) is 28.0 Å². The second-order valence-electron chi connectivity index (χ2n) is 7.86. The number of oxazole rings is 1. The lowest BCUT2D eigenvalue weighted by atomic mass is 10.1. The molecule has 3 N–H and O–H groups in total. The molecule has 31 heavy (non-hydrogen) atoms. The van der Waals surface area contributed by atoms with Crippen LogP contribution in [-0.2, 0) is 6.42 Å². The number of anilines is 1. The number of nitrogens with one attached hydrogen (secondary N) is 1. The van der Waals surface area contributed by atoms with Gasteiger partial charge in [0.1, 0.15) is 6.26 Å². The molecule has 0 spiro atoms. The minimum absolute atomic E-state index is 0.109. The highest BCUT2D eigenvalue weighted by molar-refractivity contribution is 5.92. The molecule has 1 atom stereocenters. The second-order valence-corrected chi connectivity index (χ2v) is 7.86. The fourth-order valence-corrected chi connectivity index (χ4v) is 4.15. The summed E-state index contributed by atoms with van der Waals surface area (Å²) in [5.41, 5.74) is 10.0. The third kappa shape index (κ3) is 3.92. The summed E-state index contributed by atoms with van der Waals surface area (Å²) in [6, 6.07) is 17.9. The van der Waals surface area contributed by atoms with Crippen molar-refractivity contribution in [2.45, 2.75) is 12.5 Å². The fourth-order valence-electron chi connectivity index (χ4n) is 4.15. The van der Waals surface area contributed by atoms with Crippen molar-refractivity contribution in [3.63, 3.8) is 0 Å². The Morgan fingerprint density at radius 1 is 1.06 bits per heavy atom. The number of nitrogens with two attached hydrogens (primary N) is 1. The van der Waals surface area contributed by atoms with Crippen molar-refractivity contribution >= 4 is 22.5 Å². The number of amides is 1. The molecular weight excluding hydrogens is 390 g/mol. The van der Waals surface area contributed by atoms with E-state index in [1.165, 1.54) is 12.0 Å². The van der Waals surface area contributed by atoms with Crippen molar-refractivity contribution in [3.05, 3.63) is 84.2 Å². The first-order chi connectivity index (χ1) is 15.2. The topological polar surface area (TPSA) is 91.4 Å². The Kier molecular flexibility index (Phi) is 5.18. The van der Waals surface area contributed by atoms with Gasteiger partial charge in [-0.2, -0.15) is 0 Å². The predicted octanol–water partition coefficient (Wildman–Crippen LogP) is 3.36. The number of benzene rings is 2. The maximum absolute atomic E-state index is 12.9. The molecular formula is C24H25N5O2. The molecule has 0 saturated carbocycles. The van der Waals surface area contributed by atoms with Crippen LogP contribution in [0.25, 0.3) is 10.9 Å². The standard InChI is InChI=1S/C24H25N5O2/c25-20(14-17-15-26-21-9-5-4-8-19(17)21)23-27-22(16-31-23)24(30)29-12-10-28(11-13-29)18-6-2-1-3-7-18/h1-9,15-16,20,26H,10-14,25H2. The van der Waals surface area contributed by atoms with Gasteiger partial charge < -0.3 is 24.9 Å². The van der Waals surface area contributed by atoms with Crippen molar-refractivity contribution < 1.29 is 9.21 Å². The lowest BCUT2D eigenvalue weighted by Gasteiger charge is -2.35. The number of aromatic amines is 1. The highest BCUT2D eigenvalue weighted by atomic mass is 16.3. The molecule has 0 aliphatic carbocycles. The monoisotopic (exact) mass is 415 g/mol. The highest BCUT2D eigenvalue weighted by Crippen LogP contribution is 2.23. The summed E-state index contributed by atoms with van der Waals surface area (Å²) in [5, 5.41) is 1.14. The van der Waals surface area contributed by atoms with Crippen molar-refractivity contribution in [2.24, 2.45) is 5.73 Å². The average Bonchev–Trinajstić information content (AvgIpc) is 3.47. The van der Waals surface area contributed by atoms with E-state index in [4.69, 9.17) is 10.2 Å². The van der Waals surface area contributed by atoms with Gasteiger partial charge in [-0.1, -0.05) is 36.4 Å². The first kappa shape index (κ1) is 19.4. The first-order valence-corrected chi connectivity index (χ1v) is 10.5. The lowest BCUT2D eigenvalue weighted by molar-refractivity contribution is 0.0741. The van der Waals surface area contributed by atoms with Crippen LogP contribution in [0.3, 0.4) is 0 Å². The zero-order chi connectivity index (χ0) is 21.2. The molecule has 1 saturated heterocycles. The van der Waals surface area contributed by atoms with E-state index in [0.29, 0.717) is 31.1 Å². The fraction of sp³-hybridized carbons (Fsp3) is 0.250. The van der Waals surface area contributed by atoms with Gasteiger partial charge in [-0.3, -0.25) is 4.79 Å². The Hall–Kier alpha value is -3.58. The number of rotatable bonds is 5. The molecule has 1 amide bonds. The van der Waals surface area contributed by atoms with E-state index in [1.807, 2.05) is 47.5 Å². The summed E-state index contributed by atoms with van der Waals surface area (Å²) in [6.07, 6.45) is 3.97. The zero-order valence-corrected chi connectivity index (χ0v) is 17.2. The van der Waals surface area contributed by atoms with Gasteiger partial charge in [-0.05, 0) is 30.2 Å². The van der Waals surface area contributed by atoms with Crippen molar-refractivity contribution in [1.29, 1.82) is 0 Å². The molecule has 7 nitrogen and oxygen atoms in total. The molecule has 7 heteroatoms. The maximum Gasteiger partial charge on any atom is 0.275 e. The molecule has 1 fully saturated rings. The highest BCUT2D eigenvalue weighted by Gasteiger charge is 2.25. The number of hydrogen-bond donors (Lipinski definition) is 2. The Morgan fingerprint density at radius 2 is 1.81 bits per heavy atom. The number of para-hydroxylation sites is 2. The number of nitrogens with zero attached hydrogens (tertiary/aromatic N) is 3. The van der Waals surface area contributed by atoms with Gasteiger partial charge in [0, 0.05) is 49.0 Å². The molecule has 3 heterocycles. The van der Waals surface area contributed by atoms with Gasteiger partial charge in [0.05, 0.1) is 6.04 Å². The second kappa shape index (κ2) is 8.28. The summed E-state index contributed by atoms with van der Waals surface area (Å²) >= 11 is 0. The third-order valence-corrected chi connectivity index (χ3v) is 5.86. The van der Waals surface area contributed by atoms with E-state index in [9.17, 15) is 4.79 Å². The number of hydrogen-bond acceptors (Lipinski definition) is 5. The zero-order valence-electron chi connectivity index (χ0n) is 17.2. The van der Waals surface area contributed by atoms with Crippen LogP contribution < -0.4 is 10.6 Å². The van der Waals surface area contributed by atoms with Crippen LogP contribution in [0.15, 0.2) is 71.5 Å².